The molecule has 6 aromatic heterocycles. The van der Waals surface area contributed by atoms with Gasteiger partial charge in [0.15, 0.2) is 0 Å². The van der Waals surface area contributed by atoms with Gasteiger partial charge in [-0.05, 0) is 225 Å². The lowest BCUT2D eigenvalue weighted by Crippen LogP contribution is -2.11. The second-order valence-electron chi connectivity index (χ2n) is 35.9. The number of anilines is 9. The molecule has 0 aliphatic carbocycles. The standard InChI is InChI=1S/C128H75N3S6/c1-4-28-87-76(23-1)26-15-37-88(87)78-53-61-85(62-54-78)129(111-45-17-39-101-97-35-11-13-51-117(97)132-123(101)111)114-48-21-43-105-108-71-80(59-69-119(108)134-127(105)114)82-57-65-99-103-41-18-46-112(124(103)136-121(99)74-82)130(86-63-55-79(56-64-86)107-73-84-25-3-6-30-90(84)91-31-7-8-33-94(91)107)113-47-19-42-104-100-66-58-83(75-122(100)137-125(104)113)81-60-70-120-109(72-81)106-44-22-50-116(128(106)135-120)131(115-49-20-40-102-98-36-12-14-52-118(98)133-126(102)115)110-68-67-95(93-32-9-10-34-96(93)110)92-38-16-27-77-24-2-5-29-89(77)92/h1-75H. The molecule has 0 spiro atoms. The summed E-state index contributed by atoms with van der Waals surface area (Å²) in [5, 5.41) is 27.5. The molecule has 638 valence electrons. The molecule has 0 radical (unpaired) electrons. The van der Waals surface area contributed by atoms with Crippen molar-refractivity contribution in [1.82, 2.24) is 0 Å². The molecule has 0 saturated carbocycles. The van der Waals surface area contributed by atoms with Crippen molar-refractivity contribution in [2.75, 3.05) is 14.7 Å². The molecule has 0 amide bonds. The number of thiophene rings is 6. The maximum atomic E-state index is 2.58. The van der Waals surface area contributed by atoms with Gasteiger partial charge in [-0.2, -0.15) is 0 Å². The SMILES string of the molecule is c1ccc2c(-c3ccc(N(c4cccc5c4sc4ccccc45)c4cccc5c4sc4ccc(-c6ccc7c(c6)sc6c(N(c8ccc(-c9cc%10ccccc%10c%10ccccc9%10)cc8)c8cccc9c8sc8cc(-c%10ccc%11sc%12c(N(c%13ccc(-c%14cccc%15ccccc%14%15)c%14ccccc%13%14)c%13cccc%14c%13sc%13ccccc%13%14)cccc%12c%11c%10)ccc89)cccc67)cc45)cc3)cccc2c1. The summed E-state index contributed by atoms with van der Waals surface area (Å²) in [4.78, 5) is 7.66. The van der Waals surface area contributed by atoms with Gasteiger partial charge in [0, 0.05) is 110 Å². The van der Waals surface area contributed by atoms with Gasteiger partial charge in [0.25, 0.3) is 0 Å². The van der Waals surface area contributed by atoms with Crippen molar-refractivity contribution in [3.05, 3.63) is 455 Å². The summed E-state index contributed by atoms with van der Waals surface area (Å²) in [5.74, 6) is 0. The van der Waals surface area contributed by atoms with Gasteiger partial charge in [-0.1, -0.05) is 334 Å². The van der Waals surface area contributed by atoms with Crippen LogP contribution in [0.25, 0.3) is 231 Å². The molecule has 0 bridgehead atoms. The molecule has 0 atom stereocenters. The highest BCUT2D eigenvalue weighted by atomic mass is 32.1. The Balaban J connectivity index is 0.547. The van der Waals surface area contributed by atoms with E-state index in [1.807, 2.05) is 68.0 Å². The molecule has 0 aliphatic rings. The number of nitrogens with zero attached hydrogens (tertiary/aromatic N) is 3. The monoisotopic (exact) mass is 1850 g/mol. The van der Waals surface area contributed by atoms with Gasteiger partial charge in [0.2, 0.25) is 0 Å². The Morgan fingerprint density at radius 3 is 0.883 bits per heavy atom. The lowest BCUT2D eigenvalue weighted by atomic mass is 9.93. The zero-order chi connectivity index (χ0) is 89.6. The molecule has 0 aliphatic heterocycles. The van der Waals surface area contributed by atoms with Crippen molar-refractivity contribution < 1.29 is 0 Å². The van der Waals surface area contributed by atoms with Gasteiger partial charge in [-0.25, -0.2) is 0 Å². The van der Waals surface area contributed by atoms with E-state index in [1.165, 1.54) is 242 Å². The van der Waals surface area contributed by atoms with Crippen molar-refractivity contribution in [1.29, 1.82) is 0 Å². The van der Waals surface area contributed by atoms with E-state index in [0.29, 0.717) is 0 Å². The minimum atomic E-state index is 1.09. The van der Waals surface area contributed by atoms with Gasteiger partial charge in [0.05, 0.1) is 68.0 Å². The first-order valence-electron chi connectivity index (χ1n) is 46.5. The molecule has 29 rings (SSSR count). The van der Waals surface area contributed by atoms with Crippen molar-refractivity contribution in [2.45, 2.75) is 0 Å². The summed E-state index contributed by atoms with van der Waals surface area (Å²) in [6, 6.07) is 171. The Morgan fingerprint density at radius 2 is 0.416 bits per heavy atom. The van der Waals surface area contributed by atoms with Crippen LogP contribution in [0.1, 0.15) is 0 Å². The highest BCUT2D eigenvalue weighted by molar-refractivity contribution is 7.29. The zero-order valence-corrected chi connectivity index (χ0v) is 78.5. The van der Waals surface area contributed by atoms with E-state index < -0.39 is 0 Å². The molecule has 23 aromatic carbocycles. The van der Waals surface area contributed by atoms with E-state index in [4.69, 9.17) is 0 Å². The van der Waals surface area contributed by atoms with Crippen LogP contribution in [0, 0.1) is 0 Å². The van der Waals surface area contributed by atoms with Gasteiger partial charge < -0.3 is 14.7 Å². The van der Waals surface area contributed by atoms with Crippen LogP contribution in [-0.4, -0.2) is 0 Å². The first-order chi connectivity index (χ1) is 67.9. The van der Waals surface area contributed by atoms with Crippen LogP contribution in [0.15, 0.2) is 455 Å². The van der Waals surface area contributed by atoms with Crippen molar-refractivity contribution in [3.8, 4) is 55.6 Å². The number of fused-ring (bicyclic) bond motifs is 24. The van der Waals surface area contributed by atoms with Crippen LogP contribution >= 0.6 is 68.0 Å². The van der Waals surface area contributed by atoms with Crippen LogP contribution < -0.4 is 14.7 Å². The Morgan fingerprint density at radius 1 is 0.124 bits per heavy atom. The Hall–Kier alpha value is -15.9. The summed E-state index contributed by atoms with van der Waals surface area (Å²) in [5.41, 5.74) is 22.3. The van der Waals surface area contributed by atoms with Gasteiger partial charge in [-0.3, -0.25) is 0 Å². The van der Waals surface area contributed by atoms with Crippen molar-refractivity contribution in [2.24, 2.45) is 0 Å². The third-order valence-electron chi connectivity index (χ3n) is 28.4. The molecule has 9 heteroatoms. The normalized spacial score (nSPS) is 12.1. The fourth-order valence-electron chi connectivity index (χ4n) is 22.1. The average Bonchev–Trinajstić information content (AvgIpc) is 1.56. The van der Waals surface area contributed by atoms with E-state index >= 15 is 0 Å². The summed E-state index contributed by atoms with van der Waals surface area (Å²) >= 11 is 11.3. The molecule has 6 heterocycles. The third-order valence-corrected chi connectivity index (χ3v) is 35.7. The van der Waals surface area contributed by atoms with E-state index in [1.54, 1.807) is 0 Å². The molecule has 0 fully saturated rings. The fraction of sp³-hybridized carbons (Fsp3) is 0. The predicted octanol–water partition coefficient (Wildman–Crippen LogP) is 40.4. The minimum Gasteiger partial charge on any atom is -0.308 e. The van der Waals surface area contributed by atoms with Crippen LogP contribution in [-0.2, 0) is 0 Å². The van der Waals surface area contributed by atoms with Crippen molar-refractivity contribution in [3.63, 3.8) is 0 Å². The lowest BCUT2D eigenvalue weighted by Gasteiger charge is -2.28. The number of hydrogen-bond donors (Lipinski definition) is 0. The second-order valence-corrected chi connectivity index (χ2v) is 42.2. The van der Waals surface area contributed by atoms with Crippen molar-refractivity contribution >= 4 is 294 Å². The smallest absolute Gasteiger partial charge is 0.0641 e. The largest absolute Gasteiger partial charge is 0.308 e. The topological polar surface area (TPSA) is 9.72 Å². The van der Waals surface area contributed by atoms with Crippen LogP contribution in [0.3, 0.4) is 0 Å². The molecule has 0 N–H and O–H groups in total. The first-order valence-corrected chi connectivity index (χ1v) is 51.4. The Bertz CT molecular complexity index is 10100. The van der Waals surface area contributed by atoms with Gasteiger partial charge in [-0.15, -0.1) is 68.0 Å². The number of hydrogen-bond acceptors (Lipinski definition) is 9. The zero-order valence-electron chi connectivity index (χ0n) is 73.6. The highest BCUT2D eigenvalue weighted by Crippen LogP contribution is 2.57. The molecular weight excluding hydrogens is 1770 g/mol. The third kappa shape index (κ3) is 12.5. The van der Waals surface area contributed by atoms with Crippen LogP contribution in [0.5, 0.6) is 0 Å². The second kappa shape index (κ2) is 31.3. The summed E-state index contributed by atoms with van der Waals surface area (Å²) in [6.45, 7) is 0. The maximum Gasteiger partial charge on any atom is 0.0641 e. The average molecular weight is 1850 g/mol. The number of benzene rings is 23. The fourth-order valence-corrected chi connectivity index (χ4v) is 29.4. The van der Waals surface area contributed by atoms with E-state index in [2.05, 4.69) is 470 Å². The Labute approximate surface area is 812 Å². The van der Waals surface area contributed by atoms with Gasteiger partial charge >= 0.3 is 0 Å². The minimum absolute atomic E-state index is 1.09. The first kappa shape index (κ1) is 78.6. The van der Waals surface area contributed by atoms with Crippen LogP contribution in [0.2, 0.25) is 0 Å². The number of rotatable bonds is 14. The Kier molecular flexibility index (Phi) is 18.0. The molecular formula is C128H75N3S6. The molecule has 0 unspecified atom stereocenters. The van der Waals surface area contributed by atoms with E-state index in [9.17, 15) is 0 Å². The summed E-state index contributed by atoms with van der Waals surface area (Å²) in [6.07, 6.45) is 0. The van der Waals surface area contributed by atoms with Gasteiger partial charge in [0.1, 0.15) is 0 Å². The van der Waals surface area contributed by atoms with E-state index in [-0.39, 0.29) is 0 Å². The molecule has 29 aromatic rings. The quantitative estimate of drug-likeness (QED) is 0.100. The predicted molar refractivity (Wildman–Crippen MR) is 603 cm³/mol. The summed E-state index contributed by atoms with van der Waals surface area (Å²) in [7, 11) is 0. The lowest BCUT2D eigenvalue weighted by molar-refractivity contribution is 1.32. The van der Waals surface area contributed by atoms with Crippen LogP contribution in [0.4, 0.5) is 51.2 Å². The maximum absolute atomic E-state index is 2.58. The van der Waals surface area contributed by atoms with E-state index in [0.717, 1.165) is 39.8 Å². The molecule has 3 nitrogen and oxygen atoms in total. The summed E-state index contributed by atoms with van der Waals surface area (Å²) < 4.78 is 15.1. The molecule has 137 heavy (non-hydrogen) atoms. The highest BCUT2D eigenvalue weighted by Gasteiger charge is 2.29. The molecule has 0 saturated heterocycles.